The number of hydrogen-bond donors (Lipinski definition) is 4. The van der Waals surface area contributed by atoms with Gasteiger partial charge in [0.2, 0.25) is 0 Å². The summed E-state index contributed by atoms with van der Waals surface area (Å²) in [6.07, 6.45) is 3.49. The number of nitrogen functional groups attached to an aromatic ring is 1. The first kappa shape index (κ1) is 15.3. The Hall–Kier alpha value is -2.12. The fourth-order valence-corrected chi connectivity index (χ4v) is 2.12. The molecular formula is C13H17ClN6O. The molecule has 0 saturated carbocycles. The smallest absolute Gasteiger partial charge is 0.251 e. The summed E-state index contributed by atoms with van der Waals surface area (Å²) in [5.41, 5.74) is 5.00. The number of nitrogens with two attached hydrogens (primary N) is 1. The summed E-state index contributed by atoms with van der Waals surface area (Å²) in [7, 11) is 0. The zero-order valence-electron chi connectivity index (χ0n) is 11.6. The van der Waals surface area contributed by atoms with E-state index in [1.165, 1.54) is 6.07 Å². The van der Waals surface area contributed by atoms with Crippen LogP contribution in [0.15, 0.2) is 18.3 Å². The minimum absolute atomic E-state index is 0.209. The Kier molecular flexibility index (Phi) is 5.13. The molecule has 7 nitrogen and oxygen atoms in total. The molecule has 0 unspecified atom stereocenters. The molecule has 0 radical (unpaired) electrons. The third-order valence-electron chi connectivity index (χ3n) is 3.05. The molecule has 0 aliphatic carbocycles. The second kappa shape index (κ2) is 7.05. The van der Waals surface area contributed by atoms with Gasteiger partial charge in [-0.05, 0) is 37.5 Å². The number of amides is 1. The van der Waals surface area contributed by atoms with Crippen molar-refractivity contribution in [2.45, 2.75) is 19.8 Å². The van der Waals surface area contributed by atoms with Crippen LogP contribution in [0.5, 0.6) is 0 Å². The van der Waals surface area contributed by atoms with Gasteiger partial charge in [0, 0.05) is 17.8 Å². The Labute approximate surface area is 127 Å². The monoisotopic (exact) mass is 308 g/mol. The lowest BCUT2D eigenvalue weighted by Gasteiger charge is -2.07. The average molecular weight is 309 g/mol. The number of carbonyl (C=O) groups is 1. The predicted octanol–water partition coefficient (Wildman–Crippen LogP) is 1.41. The Morgan fingerprint density at radius 1 is 1.48 bits per heavy atom. The molecule has 0 saturated heterocycles. The number of anilines is 1. The van der Waals surface area contributed by atoms with E-state index in [1.54, 1.807) is 12.3 Å². The summed E-state index contributed by atoms with van der Waals surface area (Å²) in [4.78, 5) is 15.9. The van der Waals surface area contributed by atoms with Crippen LogP contribution in [0.3, 0.4) is 0 Å². The van der Waals surface area contributed by atoms with Gasteiger partial charge in [-0.15, -0.1) is 0 Å². The van der Waals surface area contributed by atoms with Gasteiger partial charge < -0.3 is 10.7 Å². The molecule has 0 fully saturated rings. The summed E-state index contributed by atoms with van der Waals surface area (Å²) < 4.78 is 0. The zero-order valence-corrected chi connectivity index (χ0v) is 12.4. The van der Waals surface area contributed by atoms with Crippen molar-refractivity contribution in [1.82, 2.24) is 20.5 Å². The molecule has 2 rings (SSSR count). The number of aryl methyl sites for hydroxylation is 2. The van der Waals surface area contributed by atoms with E-state index >= 15 is 0 Å². The summed E-state index contributed by atoms with van der Waals surface area (Å²) in [5.74, 6) is 5.41. The molecule has 0 atom stereocenters. The van der Waals surface area contributed by atoms with Crippen LogP contribution >= 0.6 is 11.6 Å². The van der Waals surface area contributed by atoms with E-state index in [0.717, 1.165) is 24.1 Å². The number of rotatable bonds is 6. The number of H-pyrrole nitrogens is 1. The van der Waals surface area contributed by atoms with Crippen molar-refractivity contribution in [3.05, 3.63) is 40.3 Å². The highest BCUT2D eigenvalue weighted by Crippen LogP contribution is 2.13. The van der Waals surface area contributed by atoms with Crippen LogP contribution in [0.1, 0.15) is 28.0 Å². The molecule has 1 amide bonds. The number of hydrazine groups is 1. The lowest BCUT2D eigenvalue weighted by atomic mass is 10.1. The molecule has 0 aromatic carbocycles. The molecule has 21 heavy (non-hydrogen) atoms. The number of nitrogens with one attached hydrogen (secondary N) is 3. The molecule has 2 heterocycles. The summed E-state index contributed by atoms with van der Waals surface area (Å²) in [6, 6.07) is 3.04. The number of pyridine rings is 1. The van der Waals surface area contributed by atoms with Crippen molar-refractivity contribution in [3.8, 4) is 0 Å². The van der Waals surface area contributed by atoms with Gasteiger partial charge in [-0.3, -0.25) is 9.89 Å². The van der Waals surface area contributed by atoms with Gasteiger partial charge in [0.15, 0.2) is 0 Å². The van der Waals surface area contributed by atoms with Gasteiger partial charge in [0.05, 0.1) is 6.20 Å². The second-order valence-corrected chi connectivity index (χ2v) is 4.98. The van der Waals surface area contributed by atoms with Gasteiger partial charge in [-0.25, -0.2) is 10.8 Å². The van der Waals surface area contributed by atoms with Gasteiger partial charge >= 0.3 is 0 Å². The molecule has 5 N–H and O–H groups in total. The Balaban J connectivity index is 1.84. The average Bonchev–Trinajstić information content (AvgIpc) is 2.88. The normalized spacial score (nSPS) is 10.4. The number of aromatic nitrogens is 3. The van der Waals surface area contributed by atoms with E-state index in [4.69, 9.17) is 17.4 Å². The van der Waals surface area contributed by atoms with Crippen molar-refractivity contribution in [2.75, 3.05) is 12.0 Å². The molecule has 2 aromatic heterocycles. The summed E-state index contributed by atoms with van der Waals surface area (Å²) in [5, 5.41) is 9.89. The van der Waals surface area contributed by atoms with Gasteiger partial charge in [0.25, 0.3) is 5.91 Å². The third kappa shape index (κ3) is 4.17. The van der Waals surface area contributed by atoms with Crippen LogP contribution in [0.2, 0.25) is 5.15 Å². The maximum atomic E-state index is 12.0. The van der Waals surface area contributed by atoms with Crippen LogP contribution in [0, 0.1) is 6.92 Å². The Bertz CT molecular complexity index is 627. The van der Waals surface area contributed by atoms with E-state index in [2.05, 4.69) is 25.9 Å². The first-order valence-electron chi connectivity index (χ1n) is 6.51. The fraction of sp³-hybridized carbons (Fsp3) is 0.308. The van der Waals surface area contributed by atoms with Crippen LogP contribution in [0.25, 0.3) is 0 Å². The first-order valence-corrected chi connectivity index (χ1v) is 6.89. The highest BCUT2D eigenvalue weighted by Gasteiger charge is 2.09. The largest absolute Gasteiger partial charge is 0.352 e. The van der Waals surface area contributed by atoms with Crippen LogP contribution in [-0.2, 0) is 6.42 Å². The molecule has 0 spiro atoms. The molecule has 0 aliphatic rings. The Morgan fingerprint density at radius 2 is 2.29 bits per heavy atom. The minimum Gasteiger partial charge on any atom is -0.352 e. The zero-order chi connectivity index (χ0) is 15.2. The quantitative estimate of drug-likeness (QED) is 0.279. The number of carbonyl (C=O) groups excluding carboxylic acids is 1. The lowest BCUT2D eigenvalue weighted by molar-refractivity contribution is 0.0953. The fourth-order valence-electron chi connectivity index (χ4n) is 1.91. The van der Waals surface area contributed by atoms with Gasteiger partial charge in [-0.2, -0.15) is 5.10 Å². The second-order valence-electron chi connectivity index (χ2n) is 4.59. The number of halogens is 1. The number of nitrogens with zero attached hydrogens (tertiary/aromatic N) is 2. The Morgan fingerprint density at radius 3 is 2.95 bits per heavy atom. The lowest BCUT2D eigenvalue weighted by Crippen LogP contribution is -2.25. The molecule has 8 heteroatoms. The molecule has 0 bridgehead atoms. The van der Waals surface area contributed by atoms with Crippen LogP contribution in [-0.4, -0.2) is 27.6 Å². The van der Waals surface area contributed by atoms with E-state index in [0.29, 0.717) is 17.9 Å². The molecular weight excluding hydrogens is 292 g/mol. The third-order valence-corrected chi connectivity index (χ3v) is 3.24. The molecule has 2 aromatic rings. The van der Waals surface area contributed by atoms with Crippen LogP contribution in [0.4, 0.5) is 5.82 Å². The van der Waals surface area contributed by atoms with E-state index in [1.807, 2.05) is 6.92 Å². The predicted molar refractivity (Wildman–Crippen MR) is 81.0 cm³/mol. The first-order chi connectivity index (χ1) is 10.1. The van der Waals surface area contributed by atoms with Crippen molar-refractivity contribution in [3.63, 3.8) is 0 Å². The van der Waals surface area contributed by atoms with Crippen molar-refractivity contribution in [2.24, 2.45) is 5.84 Å². The maximum absolute atomic E-state index is 12.0. The summed E-state index contributed by atoms with van der Waals surface area (Å²) in [6.45, 7) is 2.54. The van der Waals surface area contributed by atoms with Crippen LogP contribution < -0.4 is 16.6 Å². The van der Waals surface area contributed by atoms with Gasteiger partial charge in [0.1, 0.15) is 11.0 Å². The number of hydrogen-bond acceptors (Lipinski definition) is 5. The standard InChI is InChI=1S/C13H17ClN6O/c1-8-9(7-17-20-8)3-2-4-16-13(21)10-5-11(14)18-12(6-10)19-15/h5-7H,2-4,15H2,1H3,(H,16,21)(H,17,20)(H,18,19). The topological polar surface area (TPSA) is 109 Å². The maximum Gasteiger partial charge on any atom is 0.251 e. The van der Waals surface area contributed by atoms with Gasteiger partial charge in [-0.1, -0.05) is 11.6 Å². The van der Waals surface area contributed by atoms with Crippen molar-refractivity contribution >= 4 is 23.3 Å². The van der Waals surface area contributed by atoms with Crippen molar-refractivity contribution < 1.29 is 4.79 Å². The van der Waals surface area contributed by atoms with E-state index in [-0.39, 0.29) is 11.1 Å². The highest BCUT2D eigenvalue weighted by molar-refractivity contribution is 6.29. The molecule has 0 aliphatic heterocycles. The number of aromatic amines is 1. The van der Waals surface area contributed by atoms with Crippen molar-refractivity contribution in [1.29, 1.82) is 0 Å². The van der Waals surface area contributed by atoms with E-state index in [9.17, 15) is 4.79 Å². The summed E-state index contributed by atoms with van der Waals surface area (Å²) >= 11 is 5.82. The highest BCUT2D eigenvalue weighted by atomic mass is 35.5. The SMILES string of the molecule is Cc1[nH]ncc1CCCNC(=O)c1cc(Cl)nc(NN)c1. The van der Waals surface area contributed by atoms with E-state index < -0.39 is 0 Å². The molecule has 112 valence electrons. The minimum atomic E-state index is -0.209.